The molecule has 0 saturated heterocycles. The predicted molar refractivity (Wildman–Crippen MR) is 117 cm³/mol. The molecule has 0 aliphatic heterocycles. The number of hydrogen-bond donors (Lipinski definition) is 2. The van der Waals surface area contributed by atoms with Gasteiger partial charge in [-0.25, -0.2) is 9.59 Å². The van der Waals surface area contributed by atoms with Crippen LogP contribution in [0.1, 0.15) is 15.9 Å². The SMILES string of the molecule is O=C(N[C@@H](Cc1ccccc1)C(=O)O)c1cccc(-c2cc3ccccc3oc2=O)c1. The van der Waals surface area contributed by atoms with Crippen molar-refractivity contribution in [3.8, 4) is 11.1 Å². The molecule has 1 aromatic heterocycles. The largest absolute Gasteiger partial charge is 0.480 e. The Morgan fingerprint density at radius 1 is 0.903 bits per heavy atom. The molecule has 0 bridgehead atoms. The first kappa shape index (κ1) is 20.1. The number of carbonyl (C=O) groups excluding carboxylic acids is 1. The summed E-state index contributed by atoms with van der Waals surface area (Å²) < 4.78 is 5.38. The summed E-state index contributed by atoms with van der Waals surface area (Å²) in [5.41, 5.74) is 1.87. The molecule has 0 radical (unpaired) electrons. The maximum absolute atomic E-state index is 12.8. The molecule has 1 atom stereocenters. The second kappa shape index (κ2) is 8.67. The highest BCUT2D eigenvalue weighted by Gasteiger charge is 2.21. The molecule has 0 saturated carbocycles. The normalized spacial score (nSPS) is 11.7. The minimum Gasteiger partial charge on any atom is -0.480 e. The average Bonchev–Trinajstić information content (AvgIpc) is 2.79. The summed E-state index contributed by atoms with van der Waals surface area (Å²) in [6, 6.07) is 23.4. The fourth-order valence-electron chi connectivity index (χ4n) is 3.38. The molecule has 2 N–H and O–H groups in total. The van der Waals surface area contributed by atoms with Gasteiger partial charge < -0.3 is 14.8 Å². The molecule has 6 nitrogen and oxygen atoms in total. The average molecular weight is 413 g/mol. The van der Waals surface area contributed by atoms with Gasteiger partial charge >= 0.3 is 11.6 Å². The zero-order valence-electron chi connectivity index (χ0n) is 16.4. The zero-order valence-corrected chi connectivity index (χ0v) is 16.4. The monoisotopic (exact) mass is 413 g/mol. The highest BCUT2D eigenvalue weighted by molar-refractivity contribution is 5.97. The summed E-state index contributed by atoms with van der Waals surface area (Å²) in [7, 11) is 0. The smallest absolute Gasteiger partial charge is 0.344 e. The van der Waals surface area contributed by atoms with Gasteiger partial charge in [0.15, 0.2) is 0 Å². The molecular weight excluding hydrogens is 394 g/mol. The van der Waals surface area contributed by atoms with Crippen molar-refractivity contribution in [3.63, 3.8) is 0 Å². The Kier molecular flexibility index (Phi) is 5.62. The van der Waals surface area contributed by atoms with Crippen molar-refractivity contribution in [2.75, 3.05) is 0 Å². The Bertz CT molecular complexity index is 1310. The fourth-order valence-corrected chi connectivity index (χ4v) is 3.38. The van der Waals surface area contributed by atoms with Gasteiger partial charge in [0, 0.05) is 17.4 Å². The van der Waals surface area contributed by atoms with Crippen LogP contribution in [0.5, 0.6) is 0 Å². The first-order valence-electron chi connectivity index (χ1n) is 9.72. The minimum absolute atomic E-state index is 0.163. The lowest BCUT2D eigenvalue weighted by molar-refractivity contribution is -0.139. The van der Waals surface area contributed by atoms with Crippen LogP contribution in [-0.2, 0) is 11.2 Å². The maximum Gasteiger partial charge on any atom is 0.344 e. The van der Waals surface area contributed by atoms with Gasteiger partial charge in [0.05, 0.1) is 5.56 Å². The number of rotatable bonds is 6. The molecule has 0 unspecified atom stereocenters. The second-order valence-corrected chi connectivity index (χ2v) is 7.12. The third kappa shape index (κ3) is 4.53. The first-order valence-corrected chi connectivity index (χ1v) is 9.72. The van der Waals surface area contributed by atoms with E-state index in [4.69, 9.17) is 4.42 Å². The van der Waals surface area contributed by atoms with Crippen molar-refractivity contribution in [2.45, 2.75) is 12.5 Å². The Morgan fingerprint density at radius 3 is 2.42 bits per heavy atom. The molecule has 4 aromatic rings. The third-order valence-electron chi connectivity index (χ3n) is 4.96. The molecule has 154 valence electrons. The minimum atomic E-state index is -1.12. The molecule has 0 aliphatic rings. The summed E-state index contributed by atoms with van der Waals surface area (Å²) >= 11 is 0. The molecule has 0 spiro atoms. The molecule has 6 heteroatoms. The van der Waals surface area contributed by atoms with Gasteiger partial charge in [0.25, 0.3) is 5.91 Å². The number of aliphatic carboxylic acids is 1. The van der Waals surface area contributed by atoms with Crippen LogP contribution in [0.4, 0.5) is 0 Å². The van der Waals surface area contributed by atoms with Crippen molar-refractivity contribution in [2.24, 2.45) is 0 Å². The van der Waals surface area contributed by atoms with Crippen LogP contribution in [0.2, 0.25) is 0 Å². The van der Waals surface area contributed by atoms with Crippen LogP contribution in [0.25, 0.3) is 22.1 Å². The lowest BCUT2D eigenvalue weighted by atomic mass is 10.0. The standard InChI is InChI=1S/C25H19NO5/c27-23(26-21(24(28)29)13-16-7-2-1-3-8-16)19-11-6-10-17(14-19)20-15-18-9-4-5-12-22(18)31-25(20)30/h1-12,14-15,21H,13H2,(H,26,27)(H,28,29)/t21-/m0/s1. The topological polar surface area (TPSA) is 96.6 Å². The van der Waals surface area contributed by atoms with Gasteiger partial charge in [-0.3, -0.25) is 4.79 Å². The van der Waals surface area contributed by atoms with E-state index in [1.807, 2.05) is 42.5 Å². The van der Waals surface area contributed by atoms with Gasteiger partial charge in [0.1, 0.15) is 11.6 Å². The predicted octanol–water partition coefficient (Wildman–Crippen LogP) is 3.89. The Labute approximate surface area is 177 Å². The fraction of sp³-hybridized carbons (Fsp3) is 0.0800. The Morgan fingerprint density at radius 2 is 1.65 bits per heavy atom. The van der Waals surface area contributed by atoms with E-state index in [1.165, 1.54) is 0 Å². The molecule has 1 heterocycles. The zero-order chi connectivity index (χ0) is 21.8. The summed E-state index contributed by atoms with van der Waals surface area (Å²) in [5, 5.41) is 12.9. The van der Waals surface area contributed by atoms with E-state index >= 15 is 0 Å². The summed E-state index contributed by atoms with van der Waals surface area (Å²) in [5.74, 6) is -1.65. The molecule has 31 heavy (non-hydrogen) atoms. The maximum atomic E-state index is 12.8. The number of carboxylic acids is 1. The van der Waals surface area contributed by atoms with E-state index in [0.717, 1.165) is 10.9 Å². The summed E-state index contributed by atoms with van der Waals surface area (Å²) in [4.78, 5) is 36.9. The van der Waals surface area contributed by atoms with E-state index in [-0.39, 0.29) is 12.0 Å². The van der Waals surface area contributed by atoms with Crippen LogP contribution in [0, 0.1) is 0 Å². The van der Waals surface area contributed by atoms with Crippen molar-refractivity contribution in [3.05, 3.63) is 106 Å². The number of benzene rings is 3. The van der Waals surface area contributed by atoms with Crippen LogP contribution < -0.4 is 10.9 Å². The van der Waals surface area contributed by atoms with Gasteiger partial charge in [0.2, 0.25) is 0 Å². The lowest BCUT2D eigenvalue weighted by Gasteiger charge is -2.15. The molecule has 4 rings (SSSR count). The van der Waals surface area contributed by atoms with Crippen molar-refractivity contribution in [1.29, 1.82) is 0 Å². The second-order valence-electron chi connectivity index (χ2n) is 7.12. The van der Waals surface area contributed by atoms with Gasteiger partial charge in [-0.2, -0.15) is 0 Å². The molecule has 0 aliphatic carbocycles. The van der Waals surface area contributed by atoms with Gasteiger partial charge in [-0.15, -0.1) is 0 Å². The Balaban J connectivity index is 1.60. The van der Waals surface area contributed by atoms with Gasteiger partial charge in [-0.05, 0) is 35.4 Å². The third-order valence-corrected chi connectivity index (χ3v) is 4.96. The van der Waals surface area contributed by atoms with Crippen molar-refractivity contribution < 1.29 is 19.1 Å². The van der Waals surface area contributed by atoms with Crippen molar-refractivity contribution in [1.82, 2.24) is 5.32 Å². The highest BCUT2D eigenvalue weighted by atomic mass is 16.4. The number of nitrogens with one attached hydrogen (secondary N) is 1. The molecular formula is C25H19NO5. The van der Waals surface area contributed by atoms with Crippen LogP contribution in [0.15, 0.2) is 94.1 Å². The lowest BCUT2D eigenvalue weighted by Crippen LogP contribution is -2.42. The number of fused-ring (bicyclic) bond motifs is 1. The van der Waals surface area contributed by atoms with E-state index in [9.17, 15) is 19.5 Å². The van der Waals surface area contributed by atoms with Crippen LogP contribution in [0.3, 0.4) is 0 Å². The van der Waals surface area contributed by atoms with Gasteiger partial charge in [-0.1, -0.05) is 60.7 Å². The van der Waals surface area contributed by atoms with E-state index in [0.29, 0.717) is 16.7 Å². The number of amides is 1. The van der Waals surface area contributed by atoms with E-state index in [2.05, 4.69) is 5.32 Å². The first-order chi connectivity index (χ1) is 15.0. The number of carboxylic acid groups (broad SMARTS) is 1. The Hall–Kier alpha value is -4.19. The van der Waals surface area contributed by atoms with Crippen LogP contribution in [-0.4, -0.2) is 23.0 Å². The summed E-state index contributed by atoms with van der Waals surface area (Å²) in [6.07, 6.45) is 0.163. The number of carbonyl (C=O) groups is 2. The van der Waals surface area contributed by atoms with E-state index in [1.54, 1.807) is 42.5 Å². The number of hydrogen-bond acceptors (Lipinski definition) is 4. The molecule has 1 amide bonds. The van der Waals surface area contributed by atoms with E-state index < -0.39 is 23.5 Å². The number of para-hydroxylation sites is 1. The van der Waals surface area contributed by atoms with Crippen LogP contribution >= 0.6 is 0 Å². The highest BCUT2D eigenvalue weighted by Crippen LogP contribution is 2.22. The quantitative estimate of drug-likeness (QED) is 0.468. The summed E-state index contributed by atoms with van der Waals surface area (Å²) in [6.45, 7) is 0. The van der Waals surface area contributed by atoms with Crippen molar-refractivity contribution >= 4 is 22.8 Å². The molecule has 3 aromatic carbocycles. The molecule has 0 fully saturated rings.